The Labute approximate surface area is 151 Å². The van der Waals surface area contributed by atoms with Gasteiger partial charge in [-0.15, -0.1) is 0 Å². The summed E-state index contributed by atoms with van der Waals surface area (Å²) in [5, 5.41) is 10.6. The lowest BCUT2D eigenvalue weighted by atomic mass is 9.49. The molecule has 1 N–H and O–H groups in total. The van der Waals surface area contributed by atoms with Crippen LogP contribution < -0.4 is 0 Å². The molecule has 0 heterocycles. The zero-order valence-electron chi connectivity index (χ0n) is 16.3. The van der Waals surface area contributed by atoms with Crippen LogP contribution in [0.5, 0.6) is 5.75 Å². The Morgan fingerprint density at radius 2 is 2.04 bits per heavy atom. The monoisotopic (exact) mass is 344 g/mol. The van der Waals surface area contributed by atoms with Crippen LogP contribution in [0.3, 0.4) is 0 Å². The average Bonchev–Trinajstić information content (AvgIpc) is 2.53. The average molecular weight is 344 g/mol. The number of benzene rings is 1. The van der Waals surface area contributed by atoms with Crippen molar-refractivity contribution in [2.45, 2.75) is 78.1 Å². The zero-order valence-corrected chi connectivity index (χ0v) is 16.3. The number of carbonyl (C=O) groups is 1. The van der Waals surface area contributed by atoms with Gasteiger partial charge in [-0.05, 0) is 72.6 Å². The highest BCUT2D eigenvalue weighted by Crippen LogP contribution is 2.58. The first-order valence-electron chi connectivity index (χ1n) is 9.77. The molecule has 0 amide bonds. The van der Waals surface area contributed by atoms with Gasteiger partial charge in [0.2, 0.25) is 0 Å². The number of fused-ring (bicyclic) bond motifs is 3. The highest BCUT2D eigenvalue weighted by molar-refractivity contribution is 5.85. The number of hydrogen-bond acceptors (Lipinski definition) is 3. The molecule has 2 aliphatic carbocycles. The second-order valence-corrected chi connectivity index (χ2v) is 8.85. The van der Waals surface area contributed by atoms with Crippen LogP contribution in [0.2, 0.25) is 0 Å². The van der Waals surface area contributed by atoms with E-state index in [0.717, 1.165) is 43.2 Å². The van der Waals surface area contributed by atoms with Crippen molar-refractivity contribution in [2.24, 2.45) is 11.3 Å². The summed E-state index contributed by atoms with van der Waals surface area (Å²) in [6, 6.07) is 4.02. The molecule has 2 aliphatic rings. The fourth-order valence-corrected chi connectivity index (χ4v) is 5.45. The third kappa shape index (κ3) is 2.76. The predicted molar refractivity (Wildman–Crippen MR) is 99.9 cm³/mol. The van der Waals surface area contributed by atoms with Crippen molar-refractivity contribution >= 4 is 5.97 Å². The molecule has 0 radical (unpaired) electrons. The molecule has 1 saturated carbocycles. The van der Waals surface area contributed by atoms with E-state index in [2.05, 4.69) is 33.8 Å². The predicted octanol–water partition coefficient (Wildman–Crippen LogP) is 5.09. The number of esters is 1. The molecule has 0 saturated heterocycles. The summed E-state index contributed by atoms with van der Waals surface area (Å²) in [7, 11) is 0. The van der Waals surface area contributed by atoms with E-state index in [4.69, 9.17) is 4.74 Å². The third-order valence-corrected chi connectivity index (χ3v) is 6.63. The van der Waals surface area contributed by atoms with Crippen LogP contribution in [0.4, 0.5) is 0 Å². The molecule has 1 aromatic rings. The zero-order chi connectivity index (χ0) is 18.4. The topological polar surface area (TPSA) is 46.5 Å². The van der Waals surface area contributed by atoms with Crippen molar-refractivity contribution in [3.05, 3.63) is 28.8 Å². The number of phenols is 1. The number of phenolic OH excluding ortho intramolecular Hbond substituents is 1. The largest absolute Gasteiger partial charge is 0.508 e. The normalized spacial score (nSPS) is 27.5. The molecule has 0 spiro atoms. The minimum absolute atomic E-state index is 0.0922. The van der Waals surface area contributed by atoms with E-state index in [1.165, 1.54) is 5.56 Å². The minimum atomic E-state index is -0.599. The summed E-state index contributed by atoms with van der Waals surface area (Å²) in [5.74, 6) is 0.765. The minimum Gasteiger partial charge on any atom is -0.508 e. The van der Waals surface area contributed by atoms with Gasteiger partial charge in [-0.1, -0.05) is 40.2 Å². The van der Waals surface area contributed by atoms with Crippen molar-refractivity contribution in [1.29, 1.82) is 0 Å². The second kappa shape index (κ2) is 6.34. The van der Waals surface area contributed by atoms with Crippen molar-refractivity contribution in [2.75, 3.05) is 6.61 Å². The first-order valence-corrected chi connectivity index (χ1v) is 9.77. The van der Waals surface area contributed by atoms with Crippen molar-refractivity contribution in [3.8, 4) is 5.75 Å². The van der Waals surface area contributed by atoms with E-state index in [9.17, 15) is 9.90 Å². The molecular weight excluding hydrogens is 312 g/mol. The Morgan fingerprint density at radius 3 is 2.68 bits per heavy atom. The molecule has 25 heavy (non-hydrogen) atoms. The molecular formula is C22H32O3. The lowest BCUT2D eigenvalue weighted by Crippen LogP contribution is -2.55. The van der Waals surface area contributed by atoms with Gasteiger partial charge in [-0.25, -0.2) is 0 Å². The van der Waals surface area contributed by atoms with Crippen LogP contribution in [-0.4, -0.2) is 17.7 Å². The van der Waals surface area contributed by atoms with Crippen molar-refractivity contribution in [3.63, 3.8) is 0 Å². The maximum Gasteiger partial charge on any atom is 0.316 e. The molecule has 2 atom stereocenters. The highest BCUT2D eigenvalue weighted by atomic mass is 16.5. The summed E-state index contributed by atoms with van der Waals surface area (Å²) in [6.45, 7) is 11.0. The number of aryl methyl sites for hydroxylation is 1. The molecule has 0 aromatic heterocycles. The van der Waals surface area contributed by atoms with E-state index in [1.807, 2.05) is 13.0 Å². The van der Waals surface area contributed by atoms with Gasteiger partial charge < -0.3 is 9.84 Å². The van der Waals surface area contributed by atoms with Gasteiger partial charge in [0.15, 0.2) is 0 Å². The van der Waals surface area contributed by atoms with Gasteiger partial charge in [-0.3, -0.25) is 4.79 Å². The Hall–Kier alpha value is -1.51. The van der Waals surface area contributed by atoms with Crippen molar-refractivity contribution in [1.82, 2.24) is 0 Å². The summed E-state index contributed by atoms with van der Waals surface area (Å²) >= 11 is 0. The summed E-state index contributed by atoms with van der Waals surface area (Å²) in [6.07, 6.45) is 4.98. The molecule has 3 rings (SSSR count). The molecule has 1 aromatic carbocycles. The summed E-state index contributed by atoms with van der Waals surface area (Å²) in [5.41, 5.74) is 2.74. The first-order chi connectivity index (χ1) is 11.7. The third-order valence-electron chi connectivity index (χ3n) is 6.63. The molecule has 0 aliphatic heterocycles. The summed E-state index contributed by atoms with van der Waals surface area (Å²) < 4.78 is 5.59. The summed E-state index contributed by atoms with van der Waals surface area (Å²) in [4.78, 5) is 13.2. The Morgan fingerprint density at radius 1 is 1.32 bits per heavy atom. The van der Waals surface area contributed by atoms with Crippen LogP contribution >= 0.6 is 0 Å². The van der Waals surface area contributed by atoms with Crippen LogP contribution in [0.15, 0.2) is 12.1 Å². The van der Waals surface area contributed by atoms with Gasteiger partial charge in [0.1, 0.15) is 5.75 Å². The van der Waals surface area contributed by atoms with Crippen LogP contribution in [-0.2, 0) is 21.4 Å². The fourth-order valence-electron chi connectivity index (χ4n) is 5.45. The van der Waals surface area contributed by atoms with Crippen LogP contribution in [0, 0.1) is 11.3 Å². The SMILES string of the molecule is CCOC(=O)[C@]12CCCC(C)(C)[C@@H]1CCc1cc(C(C)C)c(O)cc12. The first kappa shape index (κ1) is 18.3. The smallest absolute Gasteiger partial charge is 0.316 e. The Bertz CT molecular complexity index is 674. The number of ether oxygens (including phenoxy) is 1. The lowest BCUT2D eigenvalue weighted by Gasteiger charge is -2.54. The van der Waals surface area contributed by atoms with Crippen LogP contribution in [0.1, 0.15) is 82.9 Å². The standard InChI is InChI=1S/C22H32O3/c1-6-25-20(24)22-11-7-10-21(4,5)19(22)9-8-15-12-16(14(2)3)18(23)13-17(15)22/h12-14,19,23H,6-11H2,1-5H3/t19-,22-/m0/s1. The quantitative estimate of drug-likeness (QED) is 0.777. The lowest BCUT2D eigenvalue weighted by molar-refractivity contribution is -0.159. The Balaban J connectivity index is 2.21. The molecule has 138 valence electrons. The van der Waals surface area contributed by atoms with E-state index >= 15 is 0 Å². The molecule has 0 unspecified atom stereocenters. The maximum atomic E-state index is 13.2. The van der Waals surface area contributed by atoms with E-state index in [0.29, 0.717) is 12.4 Å². The fraction of sp³-hybridized carbons (Fsp3) is 0.682. The Kier molecular flexibility index (Phi) is 4.63. The van der Waals surface area contributed by atoms with Gasteiger partial charge in [0.25, 0.3) is 0 Å². The number of hydrogen-bond donors (Lipinski definition) is 1. The van der Waals surface area contributed by atoms with Gasteiger partial charge in [0.05, 0.1) is 12.0 Å². The second-order valence-electron chi connectivity index (χ2n) is 8.85. The van der Waals surface area contributed by atoms with E-state index < -0.39 is 5.41 Å². The van der Waals surface area contributed by atoms with E-state index in [-0.39, 0.29) is 23.2 Å². The highest BCUT2D eigenvalue weighted by Gasteiger charge is 2.58. The number of aromatic hydroxyl groups is 1. The molecule has 1 fully saturated rings. The van der Waals surface area contributed by atoms with Gasteiger partial charge >= 0.3 is 5.97 Å². The van der Waals surface area contributed by atoms with Crippen molar-refractivity contribution < 1.29 is 14.6 Å². The maximum absolute atomic E-state index is 13.2. The number of rotatable bonds is 3. The molecule has 3 nitrogen and oxygen atoms in total. The molecule has 3 heteroatoms. The van der Waals surface area contributed by atoms with Crippen LogP contribution in [0.25, 0.3) is 0 Å². The van der Waals surface area contributed by atoms with Gasteiger partial charge in [0, 0.05) is 0 Å². The van der Waals surface area contributed by atoms with Gasteiger partial charge in [-0.2, -0.15) is 0 Å². The van der Waals surface area contributed by atoms with E-state index in [1.54, 1.807) is 0 Å². The molecule has 0 bridgehead atoms. The number of carbonyl (C=O) groups excluding carboxylic acids is 1.